The maximum absolute atomic E-state index is 12.6. The fraction of sp³-hybridized carbons (Fsp3) is 0.321. The summed E-state index contributed by atoms with van der Waals surface area (Å²) in [5.74, 6) is 1.53. The zero-order valence-corrected chi connectivity index (χ0v) is 25.0. The van der Waals surface area contributed by atoms with Crippen LogP contribution in [0.5, 0.6) is 23.0 Å². The van der Waals surface area contributed by atoms with Gasteiger partial charge in [-0.15, -0.1) is 27.8 Å². The van der Waals surface area contributed by atoms with E-state index in [0.29, 0.717) is 33.7 Å². The number of benzene rings is 2. The molecule has 0 saturated heterocycles. The van der Waals surface area contributed by atoms with E-state index in [1.54, 1.807) is 14.2 Å². The summed E-state index contributed by atoms with van der Waals surface area (Å²) in [6.45, 7) is 7.86. The van der Waals surface area contributed by atoms with Crippen LogP contribution in [-0.2, 0) is 0 Å². The first-order valence-electron chi connectivity index (χ1n) is 12.6. The number of amides is 1. The Bertz CT molecular complexity index is 1640. The molecule has 2 aromatic heterocycles. The van der Waals surface area contributed by atoms with E-state index in [9.17, 15) is 14.7 Å². The Balaban J connectivity index is 0.000000195. The average molecular weight is 599 g/mol. The summed E-state index contributed by atoms with van der Waals surface area (Å²) in [7, 11) is 3.17. The monoisotopic (exact) mass is 598 g/mol. The highest BCUT2D eigenvalue weighted by molar-refractivity contribution is 7.22. The van der Waals surface area contributed by atoms with E-state index in [4.69, 9.17) is 18.9 Å². The van der Waals surface area contributed by atoms with Crippen LogP contribution in [0.3, 0.4) is 0 Å². The van der Waals surface area contributed by atoms with Crippen LogP contribution in [0.1, 0.15) is 47.0 Å². The Kier molecular flexibility index (Phi) is 9.40. The summed E-state index contributed by atoms with van der Waals surface area (Å²) >= 11 is 2.51. The number of hydrogen-bond acceptors (Lipinski definition) is 11. The molecular weight excluding hydrogens is 568 g/mol. The molecule has 1 amide bonds. The summed E-state index contributed by atoms with van der Waals surface area (Å²) in [4.78, 5) is 24.5. The zero-order chi connectivity index (χ0) is 29.7. The van der Waals surface area contributed by atoms with Gasteiger partial charge in [0.05, 0.1) is 35.8 Å². The van der Waals surface area contributed by atoms with Crippen LogP contribution in [0.15, 0.2) is 51.8 Å². The third-order valence-electron chi connectivity index (χ3n) is 5.52. The van der Waals surface area contributed by atoms with Gasteiger partial charge < -0.3 is 29.4 Å². The van der Waals surface area contributed by atoms with E-state index in [1.807, 2.05) is 64.1 Å². The number of carboxylic acids is 1. The topological polar surface area (TPSA) is 140 Å². The molecule has 5 rings (SSSR count). The van der Waals surface area contributed by atoms with E-state index in [1.165, 1.54) is 22.7 Å². The second kappa shape index (κ2) is 13.0. The van der Waals surface area contributed by atoms with Gasteiger partial charge in [-0.1, -0.05) is 12.1 Å². The number of ether oxygens (including phenoxy) is 4. The normalized spacial score (nSPS) is 12.3. The Labute approximate surface area is 244 Å². The summed E-state index contributed by atoms with van der Waals surface area (Å²) in [5.41, 5.74) is 0. The molecule has 3 heterocycles. The van der Waals surface area contributed by atoms with Gasteiger partial charge >= 0.3 is 5.97 Å². The minimum Gasteiger partial charge on any atom is -0.495 e. The lowest BCUT2D eigenvalue weighted by Crippen LogP contribution is -2.31. The third-order valence-corrected chi connectivity index (χ3v) is 7.91. The number of thiophene rings is 2. The number of carbonyl (C=O) groups is 2. The lowest BCUT2D eigenvalue weighted by atomic mass is 10.2. The van der Waals surface area contributed by atoms with Crippen molar-refractivity contribution in [3.05, 3.63) is 46.2 Å². The molecule has 0 atom stereocenters. The number of aromatic carboxylic acids is 1. The van der Waals surface area contributed by atoms with Gasteiger partial charge in [-0.25, -0.2) is 4.79 Å². The molecule has 0 spiro atoms. The van der Waals surface area contributed by atoms with Crippen molar-refractivity contribution >= 4 is 60.6 Å². The predicted octanol–water partition coefficient (Wildman–Crippen LogP) is 6.60. The van der Waals surface area contributed by atoms with Crippen LogP contribution in [0, 0.1) is 0 Å². The zero-order valence-electron chi connectivity index (χ0n) is 23.4. The highest BCUT2D eigenvalue weighted by Crippen LogP contribution is 2.44. The Morgan fingerprint density at radius 3 is 1.80 bits per heavy atom. The average Bonchev–Trinajstić information content (AvgIpc) is 3.66. The first kappa shape index (κ1) is 29.7. The van der Waals surface area contributed by atoms with Crippen molar-refractivity contribution in [2.45, 2.75) is 39.9 Å². The molecule has 0 saturated carbocycles. The molecule has 0 aliphatic carbocycles. The van der Waals surface area contributed by atoms with Crippen molar-refractivity contribution in [3.8, 4) is 23.0 Å². The highest BCUT2D eigenvalue weighted by Gasteiger charge is 2.24. The minimum atomic E-state index is -0.978. The van der Waals surface area contributed by atoms with Crippen LogP contribution in [-0.4, -0.2) is 55.8 Å². The molecule has 0 bridgehead atoms. The van der Waals surface area contributed by atoms with E-state index in [0.717, 1.165) is 20.2 Å². The van der Waals surface area contributed by atoms with Crippen molar-refractivity contribution in [2.75, 3.05) is 20.8 Å². The van der Waals surface area contributed by atoms with Gasteiger partial charge in [0.2, 0.25) is 0 Å². The summed E-state index contributed by atoms with van der Waals surface area (Å²) in [6.07, 6.45) is -0.133. The summed E-state index contributed by atoms with van der Waals surface area (Å²) in [5, 5.41) is 24.6. The van der Waals surface area contributed by atoms with E-state index in [2.05, 4.69) is 20.8 Å². The summed E-state index contributed by atoms with van der Waals surface area (Å²) < 4.78 is 23.8. The number of nitrogens with one attached hydrogen (secondary N) is 1. The molecule has 2 aromatic carbocycles. The molecule has 2 N–H and O–H groups in total. The highest BCUT2D eigenvalue weighted by atomic mass is 32.1. The van der Waals surface area contributed by atoms with E-state index in [-0.39, 0.29) is 29.5 Å². The quantitative estimate of drug-likeness (QED) is 0.233. The Morgan fingerprint density at radius 2 is 1.37 bits per heavy atom. The van der Waals surface area contributed by atoms with Crippen molar-refractivity contribution in [1.29, 1.82) is 0 Å². The fourth-order valence-electron chi connectivity index (χ4n) is 3.93. The minimum absolute atomic E-state index is 0.0561. The first-order valence-corrected chi connectivity index (χ1v) is 14.3. The molecule has 216 valence electrons. The number of methoxy groups -OCH3 is 2. The van der Waals surface area contributed by atoms with Crippen molar-refractivity contribution in [1.82, 2.24) is 5.32 Å². The molecule has 0 radical (unpaired) electrons. The molecule has 1 aliphatic heterocycles. The van der Waals surface area contributed by atoms with Gasteiger partial charge in [0, 0.05) is 10.8 Å². The lowest BCUT2D eigenvalue weighted by molar-refractivity contribution is 0.0696. The SMILES string of the molecule is COc1cccc2c(OC(C)C)c(C(=O)NC3=NN=NC3)sc12.COc1cccc2c(OC(C)C)c(C(=O)O)sc12. The van der Waals surface area contributed by atoms with E-state index >= 15 is 0 Å². The molecule has 13 heteroatoms. The maximum atomic E-state index is 12.6. The number of carboxylic acid groups (broad SMARTS) is 1. The number of fused-ring (bicyclic) bond motifs is 2. The van der Waals surface area contributed by atoms with Gasteiger partial charge in [0.25, 0.3) is 5.91 Å². The van der Waals surface area contributed by atoms with Crippen LogP contribution in [0.2, 0.25) is 0 Å². The lowest BCUT2D eigenvalue weighted by Gasteiger charge is -2.11. The molecule has 4 aromatic rings. The second-order valence-corrected chi connectivity index (χ2v) is 11.3. The largest absolute Gasteiger partial charge is 0.495 e. The van der Waals surface area contributed by atoms with Gasteiger partial charge in [-0.05, 0) is 57.2 Å². The van der Waals surface area contributed by atoms with Crippen LogP contribution in [0.4, 0.5) is 0 Å². The van der Waals surface area contributed by atoms with Crippen LogP contribution in [0.25, 0.3) is 20.2 Å². The maximum Gasteiger partial charge on any atom is 0.349 e. The number of carbonyl (C=O) groups excluding carboxylic acids is 1. The number of nitrogens with zero attached hydrogens (tertiary/aromatic N) is 3. The van der Waals surface area contributed by atoms with Crippen LogP contribution >= 0.6 is 22.7 Å². The van der Waals surface area contributed by atoms with Gasteiger partial charge in [-0.2, -0.15) is 5.11 Å². The van der Waals surface area contributed by atoms with Crippen molar-refractivity contribution in [3.63, 3.8) is 0 Å². The van der Waals surface area contributed by atoms with Gasteiger partial charge in [-0.3, -0.25) is 4.79 Å². The molecular formula is C28H30N4O7S2. The van der Waals surface area contributed by atoms with Crippen molar-refractivity contribution < 1.29 is 33.6 Å². The van der Waals surface area contributed by atoms with E-state index < -0.39 is 5.97 Å². The van der Waals surface area contributed by atoms with Crippen molar-refractivity contribution in [2.24, 2.45) is 15.4 Å². The van der Waals surface area contributed by atoms with Crippen LogP contribution < -0.4 is 24.3 Å². The molecule has 1 aliphatic rings. The smallest absolute Gasteiger partial charge is 0.349 e. The molecule has 41 heavy (non-hydrogen) atoms. The summed E-state index contributed by atoms with van der Waals surface area (Å²) in [6, 6.07) is 11.1. The first-order chi connectivity index (χ1) is 19.6. The number of amidine groups is 1. The molecule has 0 fully saturated rings. The van der Waals surface area contributed by atoms with Gasteiger partial charge in [0.1, 0.15) is 22.9 Å². The number of rotatable bonds is 8. The molecule has 11 nitrogen and oxygen atoms in total. The third kappa shape index (κ3) is 6.57. The fourth-order valence-corrected chi connectivity index (χ4v) is 6.11. The molecule has 0 unspecified atom stereocenters. The Morgan fingerprint density at radius 1 is 0.854 bits per heavy atom. The van der Waals surface area contributed by atoms with Gasteiger partial charge in [0.15, 0.2) is 22.2 Å². The Hall–Kier alpha value is -4.23. The second-order valence-electron chi connectivity index (χ2n) is 9.22. The predicted molar refractivity (Wildman–Crippen MR) is 160 cm³/mol. The number of hydrogen-bond donors (Lipinski definition) is 2. The standard InChI is InChI=1S/C15H16N4O3S.C13H14O4S/c1-8(2)22-12-9-5-4-6-10(21-3)13(9)23-14(12)15(20)17-11-7-16-19-18-11;1-7(2)17-10-8-5-4-6-9(16-3)11(8)18-12(10)13(14)15/h4-6,8H,7H2,1-3H3,(H,16,17,18,20);4-7H,1-3H3,(H,14,15).